The number of nitrogens with one attached hydrogen (secondary N) is 1. The lowest BCUT2D eigenvalue weighted by atomic mass is 10.2. The second-order valence-electron chi connectivity index (χ2n) is 5.28. The standard InChI is InChI=1S/C17H14ClN3O4S/c1-2-26(23,24)14-9-4-3-8-13(14)15(22)19-17-21-20-16(25-17)11-6-5-7-12(18)10-11/h3-10H,2H2,1H3,(H,19,21,22). The van der Waals surface area contributed by atoms with Gasteiger partial charge in [0.2, 0.25) is 5.89 Å². The van der Waals surface area contributed by atoms with E-state index in [1.54, 1.807) is 36.4 Å². The first-order valence-corrected chi connectivity index (χ1v) is 9.66. The maximum Gasteiger partial charge on any atom is 0.322 e. The highest BCUT2D eigenvalue weighted by Gasteiger charge is 2.22. The lowest BCUT2D eigenvalue weighted by molar-refractivity contribution is 0.102. The molecule has 1 N–H and O–H groups in total. The summed E-state index contributed by atoms with van der Waals surface area (Å²) in [7, 11) is -3.55. The maximum absolute atomic E-state index is 12.5. The summed E-state index contributed by atoms with van der Waals surface area (Å²) in [5, 5.41) is 10.5. The van der Waals surface area contributed by atoms with E-state index in [9.17, 15) is 13.2 Å². The van der Waals surface area contributed by atoms with Crippen molar-refractivity contribution in [3.8, 4) is 11.5 Å². The number of anilines is 1. The quantitative estimate of drug-likeness (QED) is 0.714. The Morgan fingerprint density at radius 3 is 2.65 bits per heavy atom. The van der Waals surface area contributed by atoms with Crippen LogP contribution in [0.25, 0.3) is 11.5 Å². The first-order chi connectivity index (χ1) is 12.4. The molecule has 1 amide bonds. The number of nitrogens with zero attached hydrogens (tertiary/aromatic N) is 2. The predicted octanol–water partition coefficient (Wildman–Crippen LogP) is 3.44. The summed E-state index contributed by atoms with van der Waals surface area (Å²) in [6.45, 7) is 1.51. The Hall–Kier alpha value is -2.71. The normalized spacial score (nSPS) is 11.3. The minimum atomic E-state index is -3.55. The smallest absolute Gasteiger partial charge is 0.322 e. The van der Waals surface area contributed by atoms with Crippen molar-refractivity contribution >= 4 is 33.4 Å². The van der Waals surface area contributed by atoms with Gasteiger partial charge in [-0.2, -0.15) is 0 Å². The molecule has 0 bridgehead atoms. The van der Waals surface area contributed by atoms with E-state index < -0.39 is 15.7 Å². The molecule has 7 nitrogen and oxygen atoms in total. The molecule has 3 rings (SSSR count). The first kappa shape index (κ1) is 18.1. The van der Waals surface area contributed by atoms with Gasteiger partial charge in [-0.05, 0) is 30.3 Å². The molecule has 26 heavy (non-hydrogen) atoms. The van der Waals surface area contributed by atoms with Gasteiger partial charge >= 0.3 is 6.01 Å². The van der Waals surface area contributed by atoms with Gasteiger partial charge in [-0.25, -0.2) is 8.42 Å². The van der Waals surface area contributed by atoms with Crippen LogP contribution in [0.4, 0.5) is 6.01 Å². The van der Waals surface area contributed by atoms with Gasteiger partial charge in [0.1, 0.15) is 0 Å². The van der Waals surface area contributed by atoms with Crippen LogP contribution in [-0.4, -0.2) is 30.3 Å². The van der Waals surface area contributed by atoms with Crippen LogP contribution in [0, 0.1) is 0 Å². The van der Waals surface area contributed by atoms with E-state index in [1.807, 2.05) is 0 Å². The molecule has 2 aromatic carbocycles. The van der Waals surface area contributed by atoms with Gasteiger partial charge in [-0.15, -0.1) is 5.10 Å². The van der Waals surface area contributed by atoms with Gasteiger partial charge in [-0.3, -0.25) is 10.1 Å². The SMILES string of the molecule is CCS(=O)(=O)c1ccccc1C(=O)Nc1nnc(-c2cccc(Cl)c2)o1. The highest BCUT2D eigenvalue weighted by molar-refractivity contribution is 7.91. The topological polar surface area (TPSA) is 102 Å². The van der Waals surface area contributed by atoms with Crippen LogP contribution in [0.15, 0.2) is 57.8 Å². The average Bonchev–Trinajstić information content (AvgIpc) is 3.10. The van der Waals surface area contributed by atoms with Crippen LogP contribution in [0.1, 0.15) is 17.3 Å². The third-order valence-electron chi connectivity index (χ3n) is 3.56. The number of hydrogen-bond acceptors (Lipinski definition) is 6. The molecule has 1 aromatic heterocycles. The van der Waals surface area contributed by atoms with Crippen molar-refractivity contribution in [1.82, 2.24) is 10.2 Å². The fourth-order valence-corrected chi connectivity index (χ4v) is 3.54. The lowest BCUT2D eigenvalue weighted by Crippen LogP contribution is -2.17. The van der Waals surface area contributed by atoms with E-state index in [0.717, 1.165) is 0 Å². The predicted molar refractivity (Wildman–Crippen MR) is 96.9 cm³/mol. The van der Waals surface area contributed by atoms with Crippen LogP contribution < -0.4 is 5.32 Å². The summed E-state index contributed by atoms with van der Waals surface area (Å²) in [6.07, 6.45) is 0. The number of hydrogen-bond donors (Lipinski definition) is 1. The van der Waals surface area contributed by atoms with E-state index in [1.165, 1.54) is 19.1 Å². The second-order valence-corrected chi connectivity index (χ2v) is 7.96. The fourth-order valence-electron chi connectivity index (χ4n) is 2.26. The van der Waals surface area contributed by atoms with Crippen molar-refractivity contribution in [3.63, 3.8) is 0 Å². The zero-order chi connectivity index (χ0) is 18.7. The molecule has 0 aliphatic heterocycles. The Kier molecular flexibility index (Phi) is 5.06. The van der Waals surface area contributed by atoms with Crippen molar-refractivity contribution in [1.29, 1.82) is 0 Å². The van der Waals surface area contributed by atoms with Crippen LogP contribution in [0.3, 0.4) is 0 Å². The van der Waals surface area contributed by atoms with Gasteiger partial charge in [0.25, 0.3) is 5.91 Å². The maximum atomic E-state index is 12.5. The van der Waals surface area contributed by atoms with E-state index in [-0.39, 0.29) is 28.1 Å². The largest absolute Gasteiger partial charge is 0.403 e. The molecule has 9 heteroatoms. The molecule has 0 radical (unpaired) electrons. The second kappa shape index (κ2) is 7.27. The number of carbonyl (C=O) groups is 1. The average molecular weight is 392 g/mol. The summed E-state index contributed by atoms with van der Waals surface area (Å²) in [6, 6.07) is 12.6. The number of halogens is 1. The minimum absolute atomic E-state index is 0.0110. The molecule has 134 valence electrons. The van der Waals surface area contributed by atoms with Crippen molar-refractivity contribution in [3.05, 3.63) is 59.1 Å². The molecule has 0 aliphatic rings. The number of sulfone groups is 1. The number of amides is 1. The molecule has 0 atom stereocenters. The Balaban J connectivity index is 1.86. The molecule has 1 heterocycles. The summed E-state index contributed by atoms with van der Waals surface area (Å²) >= 11 is 5.92. The van der Waals surface area contributed by atoms with E-state index in [4.69, 9.17) is 16.0 Å². The highest BCUT2D eigenvalue weighted by atomic mass is 35.5. The Bertz CT molecular complexity index is 1060. The zero-order valence-corrected chi connectivity index (χ0v) is 15.2. The van der Waals surface area contributed by atoms with Crippen molar-refractivity contribution < 1.29 is 17.6 Å². The molecule has 0 unspecified atom stereocenters. The van der Waals surface area contributed by atoms with Gasteiger partial charge in [0.05, 0.1) is 16.2 Å². The van der Waals surface area contributed by atoms with E-state index in [0.29, 0.717) is 10.6 Å². The minimum Gasteiger partial charge on any atom is -0.403 e. The summed E-state index contributed by atoms with van der Waals surface area (Å²) in [4.78, 5) is 12.4. The van der Waals surface area contributed by atoms with Gasteiger partial charge in [0, 0.05) is 10.6 Å². The third kappa shape index (κ3) is 3.76. The molecule has 3 aromatic rings. The Morgan fingerprint density at radius 2 is 1.92 bits per heavy atom. The van der Waals surface area contributed by atoms with Crippen LogP contribution in [-0.2, 0) is 9.84 Å². The summed E-state index contributed by atoms with van der Waals surface area (Å²) in [5.41, 5.74) is 0.608. The Morgan fingerprint density at radius 1 is 1.15 bits per heavy atom. The Labute approximate surface area is 154 Å². The van der Waals surface area contributed by atoms with Crippen LogP contribution in [0.5, 0.6) is 0 Å². The molecule has 0 saturated carbocycles. The van der Waals surface area contributed by atoms with Gasteiger partial charge in [0.15, 0.2) is 9.84 Å². The van der Waals surface area contributed by atoms with Crippen LogP contribution in [0.2, 0.25) is 5.02 Å². The van der Waals surface area contributed by atoms with Crippen molar-refractivity contribution in [2.24, 2.45) is 0 Å². The molecule has 0 saturated heterocycles. The van der Waals surface area contributed by atoms with E-state index >= 15 is 0 Å². The number of aromatic nitrogens is 2. The zero-order valence-electron chi connectivity index (χ0n) is 13.6. The summed E-state index contributed by atoms with van der Waals surface area (Å²) < 4.78 is 29.7. The van der Waals surface area contributed by atoms with Crippen molar-refractivity contribution in [2.75, 3.05) is 11.1 Å². The highest BCUT2D eigenvalue weighted by Crippen LogP contribution is 2.24. The number of rotatable bonds is 5. The molecule has 0 fully saturated rings. The number of carbonyl (C=O) groups excluding carboxylic acids is 1. The molecular weight excluding hydrogens is 378 g/mol. The number of benzene rings is 2. The van der Waals surface area contributed by atoms with Crippen LogP contribution >= 0.6 is 11.6 Å². The fraction of sp³-hybridized carbons (Fsp3) is 0.118. The summed E-state index contributed by atoms with van der Waals surface area (Å²) in [5.74, 6) is -0.590. The van der Waals surface area contributed by atoms with Gasteiger partial charge < -0.3 is 4.42 Å². The van der Waals surface area contributed by atoms with Gasteiger partial charge in [-0.1, -0.05) is 41.8 Å². The third-order valence-corrected chi connectivity index (χ3v) is 5.59. The molecular formula is C17H14ClN3O4S. The molecule has 0 aliphatic carbocycles. The monoisotopic (exact) mass is 391 g/mol. The molecule has 0 spiro atoms. The lowest BCUT2D eigenvalue weighted by Gasteiger charge is -2.07. The van der Waals surface area contributed by atoms with E-state index in [2.05, 4.69) is 15.5 Å². The van der Waals surface area contributed by atoms with Crippen molar-refractivity contribution in [2.45, 2.75) is 11.8 Å². The first-order valence-electron chi connectivity index (χ1n) is 7.63.